The minimum Gasteiger partial charge on any atom is -0.352 e. The van der Waals surface area contributed by atoms with Gasteiger partial charge in [-0.05, 0) is 24.8 Å². The Morgan fingerprint density at radius 3 is 2.89 bits per heavy atom. The zero-order valence-electron chi connectivity index (χ0n) is 15.7. The van der Waals surface area contributed by atoms with Crippen LogP contribution in [0.4, 0.5) is 0 Å². The van der Waals surface area contributed by atoms with E-state index in [1.807, 2.05) is 29.8 Å². The van der Waals surface area contributed by atoms with E-state index in [0.29, 0.717) is 10.2 Å². The highest BCUT2D eigenvalue weighted by molar-refractivity contribution is 7.18. The van der Waals surface area contributed by atoms with Gasteiger partial charge in [0.1, 0.15) is 11.4 Å². The molecule has 0 saturated heterocycles. The number of nitrogens with zero attached hydrogens (tertiary/aromatic N) is 2. The summed E-state index contributed by atoms with van der Waals surface area (Å²) in [4.78, 5) is 31.4. The summed E-state index contributed by atoms with van der Waals surface area (Å²) in [5.74, 6) is -0.144. The van der Waals surface area contributed by atoms with E-state index in [2.05, 4.69) is 17.2 Å². The van der Waals surface area contributed by atoms with Crippen LogP contribution in [0.3, 0.4) is 0 Å². The molecule has 0 saturated carbocycles. The van der Waals surface area contributed by atoms with Gasteiger partial charge in [-0.25, -0.2) is 4.98 Å². The molecule has 0 aliphatic rings. The van der Waals surface area contributed by atoms with Gasteiger partial charge in [0.15, 0.2) is 0 Å². The lowest BCUT2D eigenvalue weighted by Gasteiger charge is -2.14. The van der Waals surface area contributed by atoms with E-state index in [1.165, 1.54) is 41.5 Å². The van der Waals surface area contributed by atoms with E-state index in [-0.39, 0.29) is 24.1 Å². The van der Waals surface area contributed by atoms with Crippen LogP contribution in [0.15, 0.2) is 34.0 Å². The molecule has 144 valence electrons. The van der Waals surface area contributed by atoms with Gasteiger partial charge in [-0.3, -0.25) is 14.2 Å². The predicted molar refractivity (Wildman–Crippen MR) is 114 cm³/mol. The lowest BCUT2D eigenvalue weighted by molar-refractivity contribution is -0.122. The lowest BCUT2D eigenvalue weighted by Crippen LogP contribution is -2.37. The summed E-state index contributed by atoms with van der Waals surface area (Å²) in [5, 5.41) is 7.55. The Hall–Kier alpha value is -1.99. The Morgan fingerprint density at radius 1 is 1.30 bits per heavy atom. The maximum absolute atomic E-state index is 12.9. The van der Waals surface area contributed by atoms with Crippen LogP contribution in [0.1, 0.15) is 46.0 Å². The molecule has 1 unspecified atom stereocenters. The van der Waals surface area contributed by atoms with Gasteiger partial charge in [-0.15, -0.1) is 22.7 Å². The summed E-state index contributed by atoms with van der Waals surface area (Å²) in [5.41, 5.74) is 0.747. The van der Waals surface area contributed by atoms with Crippen molar-refractivity contribution in [1.29, 1.82) is 0 Å². The maximum Gasteiger partial charge on any atom is 0.263 e. The number of hydrogen-bond donors (Lipinski definition) is 1. The minimum absolute atomic E-state index is 0.000794. The second-order valence-corrected chi connectivity index (χ2v) is 8.61. The number of nitrogens with one attached hydrogen (secondary N) is 1. The van der Waals surface area contributed by atoms with Crippen molar-refractivity contribution in [3.05, 3.63) is 39.6 Å². The first-order chi connectivity index (χ1) is 13.1. The number of thiophene rings is 2. The van der Waals surface area contributed by atoms with Crippen LogP contribution in [0.2, 0.25) is 0 Å². The van der Waals surface area contributed by atoms with E-state index < -0.39 is 0 Å². The molecular formula is C20H25N3O2S2. The molecule has 27 heavy (non-hydrogen) atoms. The molecule has 3 aromatic heterocycles. The third kappa shape index (κ3) is 4.84. The lowest BCUT2D eigenvalue weighted by atomic mass is 10.1. The van der Waals surface area contributed by atoms with Crippen LogP contribution in [-0.4, -0.2) is 21.5 Å². The third-order valence-corrected chi connectivity index (χ3v) is 6.35. The maximum atomic E-state index is 12.9. The van der Waals surface area contributed by atoms with Gasteiger partial charge in [-0.2, -0.15) is 0 Å². The Labute approximate surface area is 167 Å². The number of rotatable bonds is 9. The molecule has 3 rings (SSSR count). The molecule has 5 nitrogen and oxygen atoms in total. The second-order valence-electron chi connectivity index (χ2n) is 6.80. The smallest absolute Gasteiger partial charge is 0.263 e. The Morgan fingerprint density at radius 2 is 2.15 bits per heavy atom. The quantitative estimate of drug-likeness (QED) is 0.529. The third-order valence-electron chi connectivity index (χ3n) is 4.56. The van der Waals surface area contributed by atoms with Gasteiger partial charge in [-0.1, -0.05) is 38.7 Å². The molecule has 7 heteroatoms. The predicted octanol–water partition coefficient (Wildman–Crippen LogP) is 4.66. The second kappa shape index (κ2) is 9.28. The number of amides is 1. The number of fused-ring (bicyclic) bond motifs is 1. The molecule has 0 aromatic carbocycles. The minimum atomic E-state index is -0.157. The van der Waals surface area contributed by atoms with Crippen molar-refractivity contribution in [2.24, 2.45) is 0 Å². The molecule has 1 atom stereocenters. The van der Waals surface area contributed by atoms with Crippen LogP contribution in [0.5, 0.6) is 0 Å². The first kappa shape index (κ1) is 19.8. The Bertz CT molecular complexity index is 944. The Balaban J connectivity index is 1.70. The first-order valence-electron chi connectivity index (χ1n) is 9.40. The molecule has 3 aromatic rings. The fourth-order valence-electron chi connectivity index (χ4n) is 3.12. The van der Waals surface area contributed by atoms with Gasteiger partial charge in [0.2, 0.25) is 5.91 Å². The number of carbonyl (C=O) groups excluding carboxylic acids is 1. The molecule has 1 N–H and O–H groups in total. The summed E-state index contributed by atoms with van der Waals surface area (Å²) >= 11 is 3.05. The molecule has 0 aliphatic carbocycles. The molecule has 0 fully saturated rings. The van der Waals surface area contributed by atoms with E-state index in [0.717, 1.165) is 23.3 Å². The van der Waals surface area contributed by atoms with Crippen molar-refractivity contribution in [3.8, 4) is 10.4 Å². The molecule has 0 aliphatic heterocycles. The average molecular weight is 404 g/mol. The number of hydrogen-bond acceptors (Lipinski definition) is 5. The summed E-state index contributed by atoms with van der Waals surface area (Å²) in [7, 11) is 0. The van der Waals surface area contributed by atoms with Gasteiger partial charge >= 0.3 is 0 Å². The largest absolute Gasteiger partial charge is 0.352 e. The highest BCUT2D eigenvalue weighted by Crippen LogP contribution is 2.33. The summed E-state index contributed by atoms with van der Waals surface area (Å²) in [6.45, 7) is 4.20. The van der Waals surface area contributed by atoms with Crippen LogP contribution < -0.4 is 10.9 Å². The van der Waals surface area contributed by atoms with Crippen molar-refractivity contribution in [1.82, 2.24) is 14.9 Å². The molecular weight excluding hydrogens is 378 g/mol. The van der Waals surface area contributed by atoms with E-state index in [4.69, 9.17) is 0 Å². The SMILES string of the molecule is CCCCCCC(C)NC(=O)Cn1cnc2scc(-c3cccs3)c2c1=O. The number of aromatic nitrogens is 2. The fraction of sp³-hybridized carbons (Fsp3) is 0.450. The number of unbranched alkanes of at least 4 members (excludes halogenated alkanes) is 3. The zero-order valence-corrected chi connectivity index (χ0v) is 17.4. The molecule has 3 heterocycles. The van der Waals surface area contributed by atoms with Crippen LogP contribution >= 0.6 is 22.7 Å². The van der Waals surface area contributed by atoms with E-state index in [9.17, 15) is 9.59 Å². The van der Waals surface area contributed by atoms with Crippen molar-refractivity contribution >= 4 is 38.8 Å². The topological polar surface area (TPSA) is 64.0 Å². The highest BCUT2D eigenvalue weighted by atomic mass is 32.1. The molecule has 1 amide bonds. The standard InChI is InChI=1S/C20H25N3O2S2/c1-3-4-5-6-8-14(2)22-17(24)11-23-13-21-19-18(20(23)25)15(12-27-19)16-9-7-10-26-16/h7,9-10,12-14H,3-6,8,11H2,1-2H3,(H,22,24). The Kier molecular flexibility index (Phi) is 6.79. The summed E-state index contributed by atoms with van der Waals surface area (Å²) in [6.07, 6.45) is 7.18. The van der Waals surface area contributed by atoms with Crippen molar-refractivity contribution in [2.45, 2.75) is 58.5 Å². The van der Waals surface area contributed by atoms with E-state index >= 15 is 0 Å². The first-order valence-corrected chi connectivity index (χ1v) is 11.2. The van der Waals surface area contributed by atoms with Crippen LogP contribution in [0, 0.1) is 0 Å². The van der Waals surface area contributed by atoms with Crippen molar-refractivity contribution in [2.75, 3.05) is 0 Å². The fourth-order valence-corrected chi connectivity index (χ4v) is 4.84. The molecule has 0 spiro atoms. The van der Waals surface area contributed by atoms with Crippen LogP contribution in [-0.2, 0) is 11.3 Å². The van der Waals surface area contributed by atoms with Crippen LogP contribution in [0.25, 0.3) is 20.7 Å². The van der Waals surface area contributed by atoms with Crippen molar-refractivity contribution in [3.63, 3.8) is 0 Å². The molecule has 0 bridgehead atoms. The van der Waals surface area contributed by atoms with Gasteiger partial charge < -0.3 is 5.32 Å². The highest BCUT2D eigenvalue weighted by Gasteiger charge is 2.15. The van der Waals surface area contributed by atoms with Gasteiger partial charge in [0.25, 0.3) is 5.56 Å². The monoisotopic (exact) mass is 403 g/mol. The summed E-state index contributed by atoms with van der Waals surface area (Å²) < 4.78 is 1.41. The van der Waals surface area contributed by atoms with Crippen molar-refractivity contribution < 1.29 is 4.79 Å². The molecule has 0 radical (unpaired) electrons. The summed E-state index contributed by atoms with van der Waals surface area (Å²) in [6, 6.07) is 4.08. The average Bonchev–Trinajstić information content (AvgIpc) is 3.30. The van der Waals surface area contributed by atoms with E-state index in [1.54, 1.807) is 11.3 Å². The van der Waals surface area contributed by atoms with Gasteiger partial charge in [0, 0.05) is 21.9 Å². The number of carbonyl (C=O) groups is 1. The normalized spacial score (nSPS) is 12.4. The van der Waals surface area contributed by atoms with Gasteiger partial charge in [0.05, 0.1) is 11.7 Å². The zero-order chi connectivity index (χ0) is 19.2.